The van der Waals surface area contributed by atoms with Gasteiger partial charge in [-0.3, -0.25) is 5.43 Å². The van der Waals surface area contributed by atoms with Gasteiger partial charge in [-0.1, -0.05) is 30.3 Å². The van der Waals surface area contributed by atoms with Crippen molar-refractivity contribution < 1.29 is 0 Å². The van der Waals surface area contributed by atoms with Gasteiger partial charge in [0.05, 0.1) is 0 Å². The van der Waals surface area contributed by atoms with E-state index in [1.54, 1.807) is 7.05 Å². The third-order valence-electron chi connectivity index (χ3n) is 1.56. The van der Waals surface area contributed by atoms with E-state index in [9.17, 15) is 0 Å². The van der Waals surface area contributed by atoms with E-state index in [2.05, 4.69) is 28.3 Å². The third-order valence-corrected chi connectivity index (χ3v) is 1.87. The quantitative estimate of drug-likeness (QED) is 0.540. The van der Waals surface area contributed by atoms with Crippen LogP contribution in [0.5, 0.6) is 0 Å². The fourth-order valence-electron chi connectivity index (χ4n) is 0.885. The number of rotatable bonds is 3. The van der Waals surface area contributed by atoms with Gasteiger partial charge < -0.3 is 5.32 Å². The Morgan fingerprint density at radius 1 is 1.29 bits per heavy atom. The number of hydrogen-bond acceptors (Lipinski definition) is 2. The van der Waals surface area contributed by atoms with Gasteiger partial charge in [-0.25, -0.2) is 5.43 Å². The largest absolute Gasteiger partial charge is 0.365 e. The van der Waals surface area contributed by atoms with Gasteiger partial charge in [-0.15, -0.1) is 12.4 Å². The molecule has 0 radical (unpaired) electrons. The Labute approximate surface area is 95.7 Å². The molecule has 78 valence electrons. The molecule has 0 aliphatic carbocycles. The third kappa shape index (κ3) is 5.01. The molecule has 0 unspecified atom stereocenters. The molecule has 0 heterocycles. The van der Waals surface area contributed by atoms with E-state index in [-0.39, 0.29) is 12.4 Å². The van der Waals surface area contributed by atoms with Crippen LogP contribution < -0.4 is 16.2 Å². The molecule has 3 nitrogen and oxygen atoms in total. The average molecular weight is 232 g/mol. The van der Waals surface area contributed by atoms with Crippen molar-refractivity contribution in [3.63, 3.8) is 0 Å². The van der Waals surface area contributed by atoms with Crippen molar-refractivity contribution in [3.05, 3.63) is 35.9 Å². The summed E-state index contributed by atoms with van der Waals surface area (Å²) in [4.78, 5) is 0. The zero-order chi connectivity index (χ0) is 9.52. The van der Waals surface area contributed by atoms with Crippen LogP contribution in [0.25, 0.3) is 0 Å². The number of hydrogen-bond donors (Lipinski definition) is 3. The number of halogens is 1. The van der Waals surface area contributed by atoms with E-state index >= 15 is 0 Å². The van der Waals surface area contributed by atoms with E-state index in [4.69, 9.17) is 12.2 Å². The summed E-state index contributed by atoms with van der Waals surface area (Å²) < 4.78 is 0. The van der Waals surface area contributed by atoms with Gasteiger partial charge >= 0.3 is 0 Å². The lowest BCUT2D eigenvalue weighted by Gasteiger charge is -2.08. The van der Waals surface area contributed by atoms with Gasteiger partial charge in [0.25, 0.3) is 0 Å². The highest BCUT2D eigenvalue weighted by atomic mass is 35.5. The van der Waals surface area contributed by atoms with Crippen LogP contribution in [-0.4, -0.2) is 12.2 Å². The lowest BCUT2D eigenvalue weighted by molar-refractivity contribution is 0.648. The van der Waals surface area contributed by atoms with E-state index in [0.717, 1.165) is 6.54 Å². The Balaban J connectivity index is 0.00000169. The number of hydrazine groups is 1. The van der Waals surface area contributed by atoms with E-state index < -0.39 is 0 Å². The highest BCUT2D eigenvalue weighted by Crippen LogP contribution is 1.95. The Hall–Kier alpha value is -0.840. The van der Waals surface area contributed by atoms with E-state index in [0.29, 0.717) is 5.11 Å². The van der Waals surface area contributed by atoms with Crippen LogP contribution in [0, 0.1) is 0 Å². The molecule has 0 saturated heterocycles. The summed E-state index contributed by atoms with van der Waals surface area (Å²) in [6.07, 6.45) is 0. The molecule has 0 fully saturated rings. The predicted octanol–water partition coefficient (Wildman–Crippen LogP) is 1.21. The lowest BCUT2D eigenvalue weighted by atomic mass is 10.2. The number of thiocarbonyl (C=S) groups is 1. The van der Waals surface area contributed by atoms with Crippen LogP contribution in [0.2, 0.25) is 0 Å². The normalized spacial score (nSPS) is 8.64. The van der Waals surface area contributed by atoms with Gasteiger partial charge in [-0.05, 0) is 17.8 Å². The topological polar surface area (TPSA) is 36.1 Å². The van der Waals surface area contributed by atoms with Crippen molar-refractivity contribution in [3.8, 4) is 0 Å². The molecule has 0 atom stereocenters. The SMILES string of the molecule is CNC(=S)NNCc1ccccc1.Cl. The van der Waals surface area contributed by atoms with Crippen LogP contribution in [0.3, 0.4) is 0 Å². The first-order chi connectivity index (χ1) is 6.33. The van der Waals surface area contributed by atoms with Gasteiger partial charge in [0.15, 0.2) is 5.11 Å². The minimum atomic E-state index is 0. The molecule has 14 heavy (non-hydrogen) atoms. The lowest BCUT2D eigenvalue weighted by Crippen LogP contribution is -2.42. The summed E-state index contributed by atoms with van der Waals surface area (Å²) in [7, 11) is 1.78. The standard InChI is InChI=1S/C9H13N3S.ClH/c1-10-9(13)12-11-7-8-5-3-2-4-6-8;/h2-6,11H,7H2,1H3,(H2,10,12,13);1H. The number of benzene rings is 1. The van der Waals surface area contributed by atoms with Crippen LogP contribution in [0.1, 0.15) is 5.56 Å². The fourth-order valence-corrected chi connectivity index (χ4v) is 0.957. The van der Waals surface area contributed by atoms with Crippen molar-refractivity contribution in [2.45, 2.75) is 6.54 Å². The Morgan fingerprint density at radius 3 is 2.50 bits per heavy atom. The molecule has 0 spiro atoms. The molecule has 0 amide bonds. The molecule has 0 saturated carbocycles. The van der Waals surface area contributed by atoms with Crippen LogP contribution in [-0.2, 0) is 6.54 Å². The minimum absolute atomic E-state index is 0. The highest BCUT2D eigenvalue weighted by Gasteiger charge is 1.90. The van der Waals surface area contributed by atoms with Crippen molar-refractivity contribution in [2.75, 3.05) is 7.05 Å². The molecule has 1 rings (SSSR count). The van der Waals surface area contributed by atoms with Crippen molar-refractivity contribution in [2.24, 2.45) is 0 Å². The second-order valence-corrected chi connectivity index (χ2v) is 2.95. The molecule has 0 aliphatic heterocycles. The molecular weight excluding hydrogens is 218 g/mol. The molecule has 0 aliphatic rings. The van der Waals surface area contributed by atoms with Crippen LogP contribution >= 0.6 is 24.6 Å². The molecule has 1 aromatic rings. The molecule has 0 aromatic heterocycles. The van der Waals surface area contributed by atoms with E-state index in [1.807, 2.05) is 18.2 Å². The Bertz CT molecular complexity index is 266. The first-order valence-corrected chi connectivity index (χ1v) is 4.48. The zero-order valence-electron chi connectivity index (χ0n) is 7.91. The maximum Gasteiger partial charge on any atom is 0.180 e. The molecule has 3 N–H and O–H groups in total. The van der Waals surface area contributed by atoms with E-state index in [1.165, 1.54) is 5.56 Å². The minimum Gasteiger partial charge on any atom is -0.365 e. The van der Waals surface area contributed by atoms with Crippen molar-refractivity contribution in [1.29, 1.82) is 0 Å². The van der Waals surface area contributed by atoms with Gasteiger partial charge in [0, 0.05) is 13.6 Å². The van der Waals surface area contributed by atoms with Gasteiger partial charge in [0.2, 0.25) is 0 Å². The highest BCUT2D eigenvalue weighted by molar-refractivity contribution is 7.80. The monoisotopic (exact) mass is 231 g/mol. The maximum absolute atomic E-state index is 4.89. The van der Waals surface area contributed by atoms with Crippen molar-refractivity contribution >= 4 is 29.7 Å². The Morgan fingerprint density at radius 2 is 1.93 bits per heavy atom. The summed E-state index contributed by atoms with van der Waals surface area (Å²) >= 11 is 4.89. The number of nitrogens with one attached hydrogen (secondary N) is 3. The summed E-state index contributed by atoms with van der Waals surface area (Å²) in [6.45, 7) is 0.753. The Kier molecular flexibility index (Phi) is 7.10. The second kappa shape index (κ2) is 7.55. The van der Waals surface area contributed by atoms with Crippen LogP contribution in [0.15, 0.2) is 30.3 Å². The fraction of sp³-hybridized carbons (Fsp3) is 0.222. The van der Waals surface area contributed by atoms with Gasteiger partial charge in [-0.2, -0.15) is 0 Å². The molecule has 1 aromatic carbocycles. The summed E-state index contributed by atoms with van der Waals surface area (Å²) in [5.41, 5.74) is 7.07. The van der Waals surface area contributed by atoms with Crippen molar-refractivity contribution in [1.82, 2.24) is 16.2 Å². The molecule has 5 heteroatoms. The predicted molar refractivity (Wildman–Crippen MR) is 65.3 cm³/mol. The second-order valence-electron chi connectivity index (χ2n) is 2.54. The molecular formula is C9H14ClN3S. The first kappa shape index (κ1) is 13.2. The summed E-state index contributed by atoms with van der Waals surface area (Å²) in [5, 5.41) is 3.40. The van der Waals surface area contributed by atoms with Gasteiger partial charge in [0.1, 0.15) is 0 Å². The average Bonchev–Trinajstić information content (AvgIpc) is 2.19. The summed E-state index contributed by atoms with van der Waals surface area (Å²) in [6, 6.07) is 10.1. The maximum atomic E-state index is 4.89. The zero-order valence-corrected chi connectivity index (χ0v) is 9.54. The summed E-state index contributed by atoms with van der Waals surface area (Å²) in [5.74, 6) is 0. The van der Waals surface area contributed by atoms with Crippen LogP contribution in [0.4, 0.5) is 0 Å². The first-order valence-electron chi connectivity index (χ1n) is 4.07. The smallest absolute Gasteiger partial charge is 0.180 e. The molecule has 0 bridgehead atoms.